The van der Waals surface area contributed by atoms with Gasteiger partial charge in [0.2, 0.25) is 0 Å². The standard InChI is InChI=1S/C15H23N3O2/c1-2-7-20-14-8-12(9-17-10-14)15(19)11-18-5-3-13(16)4-6-18/h8-10,13H,2-7,11,16H2,1H3. The van der Waals surface area contributed by atoms with Gasteiger partial charge in [-0.3, -0.25) is 14.7 Å². The summed E-state index contributed by atoms with van der Waals surface area (Å²) in [5.41, 5.74) is 6.49. The lowest BCUT2D eigenvalue weighted by Crippen LogP contribution is -2.41. The zero-order valence-corrected chi connectivity index (χ0v) is 12.0. The molecule has 2 heterocycles. The van der Waals surface area contributed by atoms with Crippen LogP contribution in [0.2, 0.25) is 0 Å². The number of rotatable bonds is 6. The number of ether oxygens (including phenoxy) is 1. The summed E-state index contributed by atoms with van der Waals surface area (Å²) in [5.74, 6) is 0.758. The maximum absolute atomic E-state index is 12.3. The predicted octanol–water partition coefficient (Wildman–Crippen LogP) is 1.48. The first-order valence-electron chi connectivity index (χ1n) is 7.28. The predicted molar refractivity (Wildman–Crippen MR) is 78.0 cm³/mol. The van der Waals surface area contributed by atoms with Gasteiger partial charge in [-0.05, 0) is 25.3 Å². The van der Waals surface area contributed by atoms with Crippen LogP contribution in [0.4, 0.5) is 0 Å². The van der Waals surface area contributed by atoms with Gasteiger partial charge >= 0.3 is 0 Å². The number of aromatic nitrogens is 1. The zero-order chi connectivity index (χ0) is 14.4. The smallest absolute Gasteiger partial charge is 0.178 e. The fourth-order valence-corrected chi connectivity index (χ4v) is 2.28. The number of ketones is 1. The Morgan fingerprint density at radius 2 is 2.20 bits per heavy atom. The lowest BCUT2D eigenvalue weighted by Gasteiger charge is -2.29. The van der Waals surface area contributed by atoms with Crippen LogP contribution in [-0.4, -0.2) is 48.0 Å². The Labute approximate surface area is 120 Å². The number of nitrogens with two attached hydrogens (primary N) is 1. The molecule has 0 saturated carbocycles. The Hall–Kier alpha value is -1.46. The second-order valence-corrected chi connectivity index (χ2v) is 5.29. The lowest BCUT2D eigenvalue weighted by atomic mass is 10.1. The minimum absolute atomic E-state index is 0.0925. The average Bonchev–Trinajstić information content (AvgIpc) is 2.48. The van der Waals surface area contributed by atoms with E-state index >= 15 is 0 Å². The molecule has 0 unspecified atom stereocenters. The lowest BCUT2D eigenvalue weighted by molar-refractivity contribution is 0.0909. The second-order valence-electron chi connectivity index (χ2n) is 5.29. The van der Waals surface area contributed by atoms with Crippen LogP contribution in [-0.2, 0) is 0 Å². The quantitative estimate of drug-likeness (QED) is 0.798. The van der Waals surface area contributed by atoms with Crippen LogP contribution < -0.4 is 10.5 Å². The average molecular weight is 277 g/mol. The molecule has 0 atom stereocenters. The normalized spacial score (nSPS) is 17.1. The molecule has 1 aliphatic heterocycles. The molecule has 0 bridgehead atoms. The first-order valence-corrected chi connectivity index (χ1v) is 7.28. The minimum Gasteiger partial charge on any atom is -0.492 e. The maximum atomic E-state index is 12.3. The van der Waals surface area contributed by atoms with Crippen molar-refractivity contribution < 1.29 is 9.53 Å². The molecule has 0 amide bonds. The zero-order valence-electron chi connectivity index (χ0n) is 12.0. The molecule has 20 heavy (non-hydrogen) atoms. The fraction of sp³-hybridized carbons (Fsp3) is 0.600. The third-order valence-corrected chi connectivity index (χ3v) is 3.51. The Morgan fingerprint density at radius 3 is 2.90 bits per heavy atom. The van der Waals surface area contributed by atoms with Crippen LogP contribution in [0.1, 0.15) is 36.5 Å². The number of nitrogens with zero attached hydrogens (tertiary/aromatic N) is 2. The van der Waals surface area contributed by atoms with Crippen molar-refractivity contribution >= 4 is 5.78 Å². The summed E-state index contributed by atoms with van der Waals surface area (Å²) < 4.78 is 5.51. The molecule has 5 nitrogen and oxygen atoms in total. The minimum atomic E-state index is 0.0925. The van der Waals surface area contributed by atoms with E-state index in [4.69, 9.17) is 10.5 Å². The summed E-state index contributed by atoms with van der Waals surface area (Å²) in [6.07, 6.45) is 6.12. The van der Waals surface area contributed by atoms with Gasteiger partial charge in [0, 0.05) is 30.9 Å². The molecule has 1 saturated heterocycles. The first kappa shape index (κ1) is 14.9. The summed E-state index contributed by atoms with van der Waals surface area (Å²) in [7, 11) is 0. The van der Waals surface area contributed by atoms with E-state index < -0.39 is 0 Å². The van der Waals surface area contributed by atoms with Crippen LogP contribution >= 0.6 is 0 Å². The van der Waals surface area contributed by atoms with Gasteiger partial charge in [0.05, 0.1) is 19.3 Å². The van der Waals surface area contributed by atoms with E-state index in [0.717, 1.165) is 32.4 Å². The maximum Gasteiger partial charge on any atom is 0.178 e. The molecule has 0 aliphatic carbocycles. The summed E-state index contributed by atoms with van der Waals surface area (Å²) >= 11 is 0. The van der Waals surface area contributed by atoms with Gasteiger partial charge in [-0.25, -0.2) is 0 Å². The van der Waals surface area contributed by atoms with Crippen molar-refractivity contribution in [3.8, 4) is 5.75 Å². The molecule has 2 rings (SSSR count). The number of carbonyl (C=O) groups is 1. The number of likely N-dealkylation sites (tertiary alicyclic amines) is 1. The van der Waals surface area contributed by atoms with Crippen LogP contribution in [0.5, 0.6) is 5.75 Å². The number of Topliss-reactive ketones (excluding diaryl/α,β-unsaturated/α-hetero) is 1. The molecule has 1 fully saturated rings. The molecular weight excluding hydrogens is 254 g/mol. The van der Waals surface area contributed by atoms with Crippen molar-refractivity contribution in [2.75, 3.05) is 26.2 Å². The van der Waals surface area contributed by atoms with Crippen molar-refractivity contribution in [2.24, 2.45) is 5.73 Å². The highest BCUT2D eigenvalue weighted by Gasteiger charge is 2.19. The first-order chi connectivity index (χ1) is 9.69. The third kappa shape index (κ3) is 4.28. The molecule has 1 aromatic rings. The van der Waals surface area contributed by atoms with E-state index in [9.17, 15) is 4.79 Å². The van der Waals surface area contributed by atoms with Crippen molar-refractivity contribution in [2.45, 2.75) is 32.2 Å². The summed E-state index contributed by atoms with van der Waals surface area (Å²) in [6, 6.07) is 2.06. The van der Waals surface area contributed by atoms with Gasteiger partial charge < -0.3 is 10.5 Å². The molecule has 110 valence electrons. The summed E-state index contributed by atoms with van der Waals surface area (Å²) in [4.78, 5) is 18.5. The van der Waals surface area contributed by atoms with Crippen molar-refractivity contribution in [3.05, 3.63) is 24.0 Å². The van der Waals surface area contributed by atoms with E-state index in [2.05, 4.69) is 9.88 Å². The number of hydrogen-bond acceptors (Lipinski definition) is 5. The van der Waals surface area contributed by atoms with Crippen LogP contribution in [0, 0.1) is 0 Å². The Morgan fingerprint density at radius 1 is 1.45 bits per heavy atom. The van der Waals surface area contributed by atoms with Crippen LogP contribution in [0.15, 0.2) is 18.5 Å². The van der Waals surface area contributed by atoms with E-state index in [1.54, 1.807) is 18.5 Å². The Bertz CT molecular complexity index is 442. The second kappa shape index (κ2) is 7.36. The van der Waals surface area contributed by atoms with Crippen molar-refractivity contribution in [1.29, 1.82) is 0 Å². The number of pyridine rings is 1. The molecule has 0 radical (unpaired) electrons. The van der Waals surface area contributed by atoms with E-state index in [1.165, 1.54) is 0 Å². The largest absolute Gasteiger partial charge is 0.492 e. The highest BCUT2D eigenvalue weighted by atomic mass is 16.5. The molecule has 0 spiro atoms. The molecule has 5 heteroatoms. The van der Waals surface area contributed by atoms with Gasteiger partial charge in [0.15, 0.2) is 5.78 Å². The number of hydrogen-bond donors (Lipinski definition) is 1. The monoisotopic (exact) mass is 277 g/mol. The SMILES string of the molecule is CCCOc1cncc(C(=O)CN2CCC(N)CC2)c1. The van der Waals surface area contributed by atoms with E-state index in [0.29, 0.717) is 24.5 Å². The highest BCUT2D eigenvalue weighted by Crippen LogP contribution is 2.14. The van der Waals surface area contributed by atoms with Gasteiger partial charge in [0.1, 0.15) is 5.75 Å². The van der Waals surface area contributed by atoms with Gasteiger partial charge in [0.25, 0.3) is 0 Å². The van der Waals surface area contributed by atoms with Gasteiger partial charge in [-0.2, -0.15) is 0 Å². The topological polar surface area (TPSA) is 68.5 Å². The molecule has 1 aliphatic rings. The van der Waals surface area contributed by atoms with Gasteiger partial charge in [-0.1, -0.05) is 6.92 Å². The van der Waals surface area contributed by atoms with Crippen molar-refractivity contribution in [3.63, 3.8) is 0 Å². The van der Waals surface area contributed by atoms with Crippen LogP contribution in [0.3, 0.4) is 0 Å². The molecule has 2 N–H and O–H groups in total. The molecular formula is C15H23N3O2. The Balaban J connectivity index is 1.91. The number of piperidine rings is 1. The number of carbonyl (C=O) groups excluding carboxylic acids is 1. The van der Waals surface area contributed by atoms with Crippen molar-refractivity contribution in [1.82, 2.24) is 9.88 Å². The van der Waals surface area contributed by atoms with Crippen LogP contribution in [0.25, 0.3) is 0 Å². The van der Waals surface area contributed by atoms with E-state index in [-0.39, 0.29) is 11.8 Å². The van der Waals surface area contributed by atoms with Gasteiger partial charge in [-0.15, -0.1) is 0 Å². The highest BCUT2D eigenvalue weighted by molar-refractivity contribution is 5.97. The van der Waals surface area contributed by atoms with E-state index in [1.807, 2.05) is 6.92 Å². The molecule has 1 aromatic heterocycles. The Kier molecular flexibility index (Phi) is 5.49. The third-order valence-electron chi connectivity index (χ3n) is 3.51. The molecule has 0 aromatic carbocycles. The summed E-state index contributed by atoms with van der Waals surface area (Å²) in [5, 5.41) is 0. The fourth-order valence-electron chi connectivity index (χ4n) is 2.28. The summed E-state index contributed by atoms with van der Waals surface area (Å²) in [6.45, 7) is 4.91.